The summed E-state index contributed by atoms with van der Waals surface area (Å²) < 4.78 is 26.7. The van der Waals surface area contributed by atoms with Gasteiger partial charge >= 0.3 is 0 Å². The second-order valence-corrected chi connectivity index (χ2v) is 9.83. The number of thioether (sulfide) groups is 1. The molecular formula is C28H27F2N3O4S. The molecule has 3 aromatic carbocycles. The Kier molecular flexibility index (Phi) is 9.22. The number of allylic oxidation sites excluding steroid dienone is 1. The minimum absolute atomic E-state index is 0.0635. The number of rotatable bonds is 10. The predicted octanol–water partition coefficient (Wildman–Crippen LogP) is 5.14. The van der Waals surface area contributed by atoms with Gasteiger partial charge in [0.15, 0.2) is 5.78 Å². The lowest BCUT2D eigenvalue weighted by Crippen LogP contribution is -2.47. The summed E-state index contributed by atoms with van der Waals surface area (Å²) in [4.78, 5) is 29.2. The van der Waals surface area contributed by atoms with E-state index in [1.165, 1.54) is 54.2 Å². The van der Waals surface area contributed by atoms with Gasteiger partial charge < -0.3 is 10.0 Å². The SMILES string of the molecule is O=C(/C(=C\c1ccc(N2CCN(CCO)CC2)c([N+](=O)[O-])c1)SCc1ccc(F)cc1)c1ccc(F)cc1. The standard InChI is InChI=1S/C28H27F2N3O4S/c29-23-6-1-20(2-7-23)19-38-27(28(35)22-4-8-24(30)9-5-22)18-21-3-10-25(26(17-21)33(36)37)32-13-11-31(12-14-32)15-16-34/h1-10,17-18,34H,11-16,19H2/b27-18+. The Morgan fingerprint density at radius 2 is 1.61 bits per heavy atom. The van der Waals surface area contributed by atoms with Crippen molar-refractivity contribution < 1.29 is 23.6 Å². The van der Waals surface area contributed by atoms with Gasteiger partial charge in [-0.25, -0.2) is 8.78 Å². The number of nitro groups is 1. The van der Waals surface area contributed by atoms with E-state index in [-0.39, 0.29) is 29.5 Å². The Morgan fingerprint density at radius 3 is 2.21 bits per heavy atom. The molecule has 0 amide bonds. The number of β-amino-alcohol motifs (C(OH)–C–C–N with tert-alkyl or cyclic N) is 1. The van der Waals surface area contributed by atoms with Crippen LogP contribution in [0.4, 0.5) is 20.2 Å². The number of piperazine rings is 1. The molecule has 1 aliphatic rings. The van der Waals surface area contributed by atoms with Gasteiger partial charge in [-0.2, -0.15) is 0 Å². The van der Waals surface area contributed by atoms with Crippen LogP contribution in [0.3, 0.4) is 0 Å². The average Bonchev–Trinajstić information content (AvgIpc) is 2.92. The topological polar surface area (TPSA) is 86.9 Å². The lowest BCUT2D eigenvalue weighted by Gasteiger charge is -2.35. The molecule has 0 aliphatic carbocycles. The largest absolute Gasteiger partial charge is 0.395 e. The fourth-order valence-corrected chi connectivity index (χ4v) is 5.19. The molecule has 0 atom stereocenters. The molecule has 0 radical (unpaired) electrons. The Morgan fingerprint density at radius 1 is 0.974 bits per heavy atom. The molecule has 10 heteroatoms. The zero-order valence-electron chi connectivity index (χ0n) is 20.6. The molecule has 1 saturated heterocycles. The van der Waals surface area contributed by atoms with Crippen LogP contribution in [0, 0.1) is 21.7 Å². The van der Waals surface area contributed by atoms with Crippen molar-refractivity contribution in [1.82, 2.24) is 4.90 Å². The molecule has 7 nitrogen and oxygen atoms in total. The third-order valence-corrected chi connectivity index (χ3v) is 7.35. The molecule has 38 heavy (non-hydrogen) atoms. The van der Waals surface area contributed by atoms with Crippen molar-refractivity contribution in [1.29, 1.82) is 0 Å². The zero-order chi connectivity index (χ0) is 27.1. The molecule has 0 unspecified atom stereocenters. The molecule has 1 N–H and O–H groups in total. The molecule has 0 bridgehead atoms. The average molecular weight is 540 g/mol. The number of hydrogen-bond donors (Lipinski definition) is 1. The maximum atomic E-state index is 13.4. The fraction of sp³-hybridized carbons (Fsp3) is 0.250. The lowest BCUT2D eigenvalue weighted by molar-refractivity contribution is -0.384. The number of anilines is 1. The summed E-state index contributed by atoms with van der Waals surface area (Å²) in [6.45, 7) is 3.21. The van der Waals surface area contributed by atoms with E-state index in [9.17, 15) is 23.7 Å². The second kappa shape index (κ2) is 12.8. The molecule has 1 fully saturated rings. The summed E-state index contributed by atoms with van der Waals surface area (Å²) in [5.41, 5.74) is 2.01. The highest BCUT2D eigenvalue weighted by molar-refractivity contribution is 8.03. The number of ketones is 1. The van der Waals surface area contributed by atoms with Gasteiger partial charge in [0.1, 0.15) is 17.3 Å². The van der Waals surface area contributed by atoms with Gasteiger partial charge in [-0.15, -0.1) is 11.8 Å². The number of halogens is 2. The molecule has 1 heterocycles. The molecule has 198 valence electrons. The van der Waals surface area contributed by atoms with E-state index in [0.29, 0.717) is 54.6 Å². The van der Waals surface area contributed by atoms with Crippen molar-refractivity contribution in [3.63, 3.8) is 0 Å². The number of benzene rings is 3. The Labute approximate surface area is 223 Å². The number of carbonyl (C=O) groups excluding carboxylic acids is 1. The fourth-order valence-electron chi connectivity index (χ4n) is 4.21. The monoisotopic (exact) mass is 539 g/mol. The first-order valence-corrected chi connectivity index (χ1v) is 13.1. The first kappa shape index (κ1) is 27.4. The van der Waals surface area contributed by atoms with E-state index >= 15 is 0 Å². The van der Waals surface area contributed by atoms with Gasteiger partial charge in [-0.3, -0.25) is 19.8 Å². The maximum Gasteiger partial charge on any atom is 0.293 e. The van der Waals surface area contributed by atoms with Gasteiger partial charge in [0.05, 0.1) is 16.4 Å². The van der Waals surface area contributed by atoms with E-state index in [4.69, 9.17) is 5.11 Å². The molecule has 3 aromatic rings. The summed E-state index contributed by atoms with van der Waals surface area (Å²) in [6.07, 6.45) is 1.59. The van der Waals surface area contributed by atoms with E-state index in [2.05, 4.69) is 4.90 Å². The van der Waals surface area contributed by atoms with Crippen molar-refractivity contribution in [2.75, 3.05) is 44.2 Å². The summed E-state index contributed by atoms with van der Waals surface area (Å²) in [6, 6.07) is 16.0. The summed E-state index contributed by atoms with van der Waals surface area (Å²) >= 11 is 1.22. The van der Waals surface area contributed by atoms with Crippen LogP contribution in [0.25, 0.3) is 6.08 Å². The number of carbonyl (C=O) groups is 1. The molecular weight excluding hydrogens is 512 g/mol. The van der Waals surface area contributed by atoms with Crippen LogP contribution in [-0.4, -0.2) is 60.0 Å². The van der Waals surface area contributed by atoms with Crippen molar-refractivity contribution in [2.24, 2.45) is 0 Å². The van der Waals surface area contributed by atoms with Crippen LogP contribution in [0.15, 0.2) is 71.6 Å². The van der Waals surface area contributed by atoms with Crippen LogP contribution in [0.1, 0.15) is 21.5 Å². The Balaban J connectivity index is 1.62. The van der Waals surface area contributed by atoms with Crippen molar-refractivity contribution >= 4 is 35.0 Å². The Hall–Kier alpha value is -3.60. The Bertz CT molecular complexity index is 1310. The highest BCUT2D eigenvalue weighted by atomic mass is 32.2. The van der Waals surface area contributed by atoms with Crippen molar-refractivity contribution in [3.05, 3.63) is 110 Å². The predicted molar refractivity (Wildman–Crippen MR) is 145 cm³/mol. The number of Topliss-reactive ketones (excluding diaryl/α,β-unsaturated/α-hetero) is 1. The quantitative estimate of drug-likeness (QED) is 0.165. The van der Waals surface area contributed by atoms with Crippen LogP contribution in [0.2, 0.25) is 0 Å². The second-order valence-electron chi connectivity index (χ2n) is 8.82. The van der Waals surface area contributed by atoms with E-state index < -0.39 is 10.7 Å². The minimum atomic E-state index is -0.463. The molecule has 0 saturated carbocycles. The van der Waals surface area contributed by atoms with Crippen LogP contribution in [-0.2, 0) is 5.75 Å². The first-order chi connectivity index (χ1) is 18.3. The first-order valence-electron chi connectivity index (χ1n) is 12.1. The van der Waals surface area contributed by atoms with Crippen LogP contribution in [0.5, 0.6) is 0 Å². The summed E-state index contributed by atoms with van der Waals surface area (Å²) in [7, 11) is 0. The van der Waals surface area contributed by atoms with E-state index in [1.54, 1.807) is 30.3 Å². The van der Waals surface area contributed by atoms with E-state index in [0.717, 1.165) is 5.56 Å². The lowest BCUT2D eigenvalue weighted by atomic mass is 10.1. The minimum Gasteiger partial charge on any atom is -0.395 e. The van der Waals surface area contributed by atoms with Crippen LogP contribution < -0.4 is 4.90 Å². The number of nitrogens with zero attached hydrogens (tertiary/aromatic N) is 3. The normalized spacial score (nSPS) is 14.5. The van der Waals surface area contributed by atoms with Gasteiger partial charge in [-0.05, 0) is 59.7 Å². The van der Waals surface area contributed by atoms with Crippen molar-refractivity contribution in [2.45, 2.75) is 5.75 Å². The molecule has 4 rings (SSSR count). The van der Waals surface area contributed by atoms with E-state index in [1.807, 2.05) is 4.90 Å². The van der Waals surface area contributed by atoms with Crippen LogP contribution >= 0.6 is 11.8 Å². The molecule has 1 aliphatic heterocycles. The number of nitro benzene ring substituents is 1. The third-order valence-electron chi connectivity index (χ3n) is 6.26. The van der Waals surface area contributed by atoms with Gasteiger partial charge in [0, 0.05) is 50.1 Å². The van der Waals surface area contributed by atoms with Crippen molar-refractivity contribution in [3.8, 4) is 0 Å². The number of hydrogen-bond acceptors (Lipinski definition) is 7. The third kappa shape index (κ3) is 7.03. The highest BCUT2D eigenvalue weighted by Crippen LogP contribution is 2.33. The smallest absolute Gasteiger partial charge is 0.293 e. The number of aliphatic hydroxyl groups is 1. The highest BCUT2D eigenvalue weighted by Gasteiger charge is 2.24. The number of aliphatic hydroxyl groups excluding tert-OH is 1. The van der Waals surface area contributed by atoms with Gasteiger partial charge in [0.2, 0.25) is 0 Å². The summed E-state index contributed by atoms with van der Waals surface area (Å²) in [5, 5.41) is 21.1. The molecule has 0 spiro atoms. The summed E-state index contributed by atoms with van der Waals surface area (Å²) in [5.74, 6) is -0.797. The van der Waals surface area contributed by atoms with Gasteiger partial charge in [0.25, 0.3) is 5.69 Å². The zero-order valence-corrected chi connectivity index (χ0v) is 21.4. The van der Waals surface area contributed by atoms with Gasteiger partial charge in [-0.1, -0.05) is 18.2 Å². The molecule has 0 aromatic heterocycles. The maximum absolute atomic E-state index is 13.4.